The van der Waals surface area contributed by atoms with Crippen LogP contribution in [0.4, 0.5) is 10.5 Å². The Morgan fingerprint density at radius 3 is 2.29 bits per heavy atom. The molecule has 0 unspecified atom stereocenters. The summed E-state index contributed by atoms with van der Waals surface area (Å²) in [5, 5.41) is 2.30. The fraction of sp³-hybridized carbons (Fsp3) is 0.227. The first-order valence-electron chi connectivity index (χ1n) is 8.95. The standard InChI is InChI=1S/C22H22N2O3S/c1-22(2,3)16-9-11-17(12-10-16)23-19(25)14-24-20(26)18(28-21(24)27)13-15-7-5-4-6-8-15/h4-13H,14H2,1-3H3,(H,23,25)/b18-13+. The van der Waals surface area contributed by atoms with Crippen molar-refractivity contribution in [1.82, 2.24) is 4.90 Å². The highest BCUT2D eigenvalue weighted by molar-refractivity contribution is 8.18. The molecule has 6 heteroatoms. The third kappa shape index (κ3) is 4.70. The molecule has 1 saturated heterocycles. The first kappa shape index (κ1) is 19.9. The lowest BCUT2D eigenvalue weighted by Gasteiger charge is -2.19. The topological polar surface area (TPSA) is 66.5 Å². The minimum absolute atomic E-state index is 0.0235. The minimum Gasteiger partial charge on any atom is -0.325 e. The minimum atomic E-state index is -0.447. The number of rotatable bonds is 4. The van der Waals surface area contributed by atoms with Crippen molar-refractivity contribution in [2.45, 2.75) is 26.2 Å². The van der Waals surface area contributed by atoms with Crippen LogP contribution in [0.2, 0.25) is 0 Å². The monoisotopic (exact) mass is 394 g/mol. The van der Waals surface area contributed by atoms with Gasteiger partial charge in [0, 0.05) is 5.69 Å². The maximum Gasteiger partial charge on any atom is 0.294 e. The van der Waals surface area contributed by atoms with Crippen LogP contribution in [0.1, 0.15) is 31.9 Å². The number of nitrogens with one attached hydrogen (secondary N) is 1. The van der Waals surface area contributed by atoms with Crippen LogP contribution >= 0.6 is 11.8 Å². The first-order valence-corrected chi connectivity index (χ1v) is 9.76. The summed E-state index contributed by atoms with van der Waals surface area (Å²) in [5.41, 5.74) is 2.64. The van der Waals surface area contributed by atoms with Crippen LogP contribution in [0.15, 0.2) is 59.5 Å². The van der Waals surface area contributed by atoms with Gasteiger partial charge in [-0.05, 0) is 46.5 Å². The van der Waals surface area contributed by atoms with Crippen LogP contribution in [0.25, 0.3) is 6.08 Å². The molecule has 1 aliphatic heterocycles. The second-order valence-corrected chi connectivity index (χ2v) is 8.55. The van der Waals surface area contributed by atoms with Gasteiger partial charge in [-0.15, -0.1) is 0 Å². The number of hydrogen-bond acceptors (Lipinski definition) is 4. The molecule has 0 aromatic heterocycles. The molecule has 0 spiro atoms. The van der Waals surface area contributed by atoms with Crippen LogP contribution in [-0.2, 0) is 15.0 Å². The van der Waals surface area contributed by atoms with Crippen LogP contribution in [-0.4, -0.2) is 28.5 Å². The fourth-order valence-electron chi connectivity index (χ4n) is 2.73. The number of carbonyl (C=O) groups excluding carboxylic acids is 3. The molecule has 0 aliphatic carbocycles. The van der Waals surface area contributed by atoms with Gasteiger partial charge in [-0.3, -0.25) is 19.3 Å². The van der Waals surface area contributed by atoms with E-state index in [0.29, 0.717) is 10.6 Å². The molecular formula is C22H22N2O3S. The summed E-state index contributed by atoms with van der Waals surface area (Å²) in [6.07, 6.45) is 1.66. The lowest BCUT2D eigenvalue weighted by Crippen LogP contribution is -2.36. The van der Waals surface area contributed by atoms with E-state index in [9.17, 15) is 14.4 Å². The molecule has 3 amide bonds. The second-order valence-electron chi connectivity index (χ2n) is 7.55. The lowest BCUT2D eigenvalue weighted by atomic mass is 9.87. The number of nitrogens with zero attached hydrogens (tertiary/aromatic N) is 1. The summed E-state index contributed by atoms with van der Waals surface area (Å²) in [7, 11) is 0. The summed E-state index contributed by atoms with van der Waals surface area (Å²) in [6, 6.07) is 16.8. The van der Waals surface area contributed by atoms with Crippen molar-refractivity contribution in [2.75, 3.05) is 11.9 Å². The summed E-state index contributed by atoms with van der Waals surface area (Å²) >= 11 is 0.848. The summed E-state index contributed by atoms with van der Waals surface area (Å²) in [6.45, 7) is 6.04. The first-order chi connectivity index (χ1) is 13.2. The van der Waals surface area contributed by atoms with Gasteiger partial charge < -0.3 is 5.32 Å². The molecule has 1 N–H and O–H groups in total. The number of carbonyl (C=O) groups is 3. The predicted octanol–water partition coefficient (Wildman–Crippen LogP) is 4.66. The Kier molecular flexibility index (Phi) is 5.70. The van der Waals surface area contributed by atoms with Gasteiger partial charge in [0.15, 0.2) is 0 Å². The molecule has 144 valence electrons. The fourth-order valence-corrected chi connectivity index (χ4v) is 3.57. The van der Waals surface area contributed by atoms with Crippen molar-refractivity contribution in [2.24, 2.45) is 0 Å². The Morgan fingerprint density at radius 2 is 1.68 bits per heavy atom. The second kappa shape index (κ2) is 8.02. The van der Waals surface area contributed by atoms with Gasteiger partial charge in [-0.2, -0.15) is 0 Å². The number of thioether (sulfide) groups is 1. The Hall–Kier alpha value is -2.86. The van der Waals surface area contributed by atoms with E-state index >= 15 is 0 Å². The van der Waals surface area contributed by atoms with Crippen LogP contribution in [0.3, 0.4) is 0 Å². The number of benzene rings is 2. The average Bonchev–Trinajstić information content (AvgIpc) is 2.90. The van der Waals surface area contributed by atoms with Crippen LogP contribution < -0.4 is 5.32 Å². The lowest BCUT2D eigenvalue weighted by molar-refractivity contribution is -0.127. The van der Waals surface area contributed by atoms with E-state index in [4.69, 9.17) is 0 Å². The molecule has 3 rings (SSSR count). The molecule has 1 heterocycles. The SMILES string of the molecule is CC(C)(C)c1ccc(NC(=O)CN2C(=O)S/C(=C/c3ccccc3)C2=O)cc1. The quantitative estimate of drug-likeness (QED) is 0.766. The molecule has 0 saturated carbocycles. The van der Waals surface area contributed by atoms with Gasteiger partial charge in [0.05, 0.1) is 4.91 Å². The maximum atomic E-state index is 12.5. The van der Waals surface area contributed by atoms with Crippen molar-refractivity contribution in [3.05, 3.63) is 70.6 Å². The van der Waals surface area contributed by atoms with E-state index in [0.717, 1.165) is 27.8 Å². The van der Waals surface area contributed by atoms with Crippen LogP contribution in [0, 0.1) is 0 Å². The maximum absolute atomic E-state index is 12.5. The highest BCUT2D eigenvalue weighted by atomic mass is 32.2. The number of hydrogen-bond donors (Lipinski definition) is 1. The van der Waals surface area contributed by atoms with E-state index in [2.05, 4.69) is 26.1 Å². The Labute approximate surface area is 168 Å². The molecule has 28 heavy (non-hydrogen) atoms. The molecule has 2 aromatic carbocycles. The summed E-state index contributed by atoms with van der Waals surface area (Å²) in [4.78, 5) is 38.3. The summed E-state index contributed by atoms with van der Waals surface area (Å²) < 4.78 is 0. The third-order valence-electron chi connectivity index (χ3n) is 4.31. The van der Waals surface area contributed by atoms with E-state index < -0.39 is 17.1 Å². The normalized spacial score (nSPS) is 16.0. The van der Waals surface area contributed by atoms with Gasteiger partial charge in [0.2, 0.25) is 5.91 Å². The van der Waals surface area contributed by atoms with Crippen LogP contribution in [0.5, 0.6) is 0 Å². The predicted molar refractivity (Wildman–Crippen MR) is 113 cm³/mol. The van der Waals surface area contributed by atoms with Crippen molar-refractivity contribution in [1.29, 1.82) is 0 Å². The zero-order valence-corrected chi connectivity index (χ0v) is 16.9. The Balaban J connectivity index is 1.65. The molecule has 5 nitrogen and oxygen atoms in total. The molecule has 1 aliphatic rings. The Bertz CT molecular complexity index is 929. The van der Waals surface area contributed by atoms with Gasteiger partial charge in [0.1, 0.15) is 6.54 Å². The number of imide groups is 1. The number of anilines is 1. The number of amides is 3. The molecule has 2 aromatic rings. The van der Waals surface area contributed by atoms with E-state index in [1.54, 1.807) is 6.08 Å². The van der Waals surface area contributed by atoms with E-state index in [-0.39, 0.29) is 12.0 Å². The van der Waals surface area contributed by atoms with Crippen molar-refractivity contribution < 1.29 is 14.4 Å². The molecular weight excluding hydrogens is 372 g/mol. The highest BCUT2D eigenvalue weighted by Crippen LogP contribution is 2.32. The van der Waals surface area contributed by atoms with Gasteiger partial charge in [0.25, 0.3) is 11.1 Å². The van der Waals surface area contributed by atoms with Gasteiger partial charge >= 0.3 is 0 Å². The van der Waals surface area contributed by atoms with Crippen molar-refractivity contribution in [3.8, 4) is 0 Å². The molecule has 1 fully saturated rings. The summed E-state index contributed by atoms with van der Waals surface area (Å²) in [5.74, 6) is -0.858. The van der Waals surface area contributed by atoms with Gasteiger partial charge in [-0.25, -0.2) is 0 Å². The molecule has 0 bridgehead atoms. The third-order valence-corrected chi connectivity index (χ3v) is 5.21. The zero-order chi connectivity index (χ0) is 20.3. The van der Waals surface area contributed by atoms with Crippen molar-refractivity contribution in [3.63, 3.8) is 0 Å². The zero-order valence-electron chi connectivity index (χ0n) is 16.1. The van der Waals surface area contributed by atoms with Crippen molar-refractivity contribution >= 4 is 40.6 Å². The smallest absolute Gasteiger partial charge is 0.294 e. The molecule has 0 radical (unpaired) electrons. The average molecular weight is 394 g/mol. The highest BCUT2D eigenvalue weighted by Gasteiger charge is 2.36. The van der Waals surface area contributed by atoms with E-state index in [1.165, 1.54) is 0 Å². The van der Waals surface area contributed by atoms with E-state index in [1.807, 2.05) is 54.6 Å². The Morgan fingerprint density at radius 1 is 1.04 bits per heavy atom. The van der Waals surface area contributed by atoms with Gasteiger partial charge in [-0.1, -0.05) is 63.2 Å². The largest absolute Gasteiger partial charge is 0.325 e. The molecule has 0 atom stereocenters.